The van der Waals surface area contributed by atoms with Gasteiger partial charge in [0.2, 0.25) is 11.8 Å². The molecule has 0 saturated carbocycles. The van der Waals surface area contributed by atoms with Crippen LogP contribution in [0.25, 0.3) is 0 Å². The minimum atomic E-state index is -1.23. The number of aryl methyl sites for hydroxylation is 2. The van der Waals surface area contributed by atoms with E-state index in [9.17, 15) is 29.1 Å². The maximum absolute atomic E-state index is 13.7. The molecule has 1 aliphatic carbocycles. The maximum atomic E-state index is 13.7. The summed E-state index contributed by atoms with van der Waals surface area (Å²) in [6.45, 7) is 5.16. The average Bonchev–Trinajstić information content (AvgIpc) is 3.29. The molecule has 2 aromatic carbocycles. The van der Waals surface area contributed by atoms with E-state index in [2.05, 4.69) is 16.0 Å². The van der Waals surface area contributed by atoms with Gasteiger partial charge >= 0.3 is 0 Å². The molecule has 4 N–H and O–H groups in total. The average molecular weight is 549 g/mol. The summed E-state index contributed by atoms with van der Waals surface area (Å²) in [5, 5.41) is 18.6. The number of aliphatic hydroxyl groups excluding tert-OH is 1. The zero-order valence-corrected chi connectivity index (χ0v) is 23.1. The molecule has 4 amide bonds. The molecule has 10 nitrogen and oxygen atoms in total. The first kappa shape index (κ1) is 28.9. The van der Waals surface area contributed by atoms with Gasteiger partial charge in [0.1, 0.15) is 6.04 Å². The van der Waals surface area contributed by atoms with Crippen molar-refractivity contribution in [3.05, 3.63) is 69.8 Å². The summed E-state index contributed by atoms with van der Waals surface area (Å²) in [7, 11) is 0. The van der Waals surface area contributed by atoms with Crippen LogP contribution in [-0.4, -0.2) is 77.2 Å². The molecule has 10 heteroatoms. The van der Waals surface area contributed by atoms with Crippen LogP contribution in [-0.2, 0) is 22.4 Å². The summed E-state index contributed by atoms with van der Waals surface area (Å²) in [4.78, 5) is 66.4. The lowest BCUT2D eigenvalue weighted by atomic mass is 10.00. The first-order valence-corrected chi connectivity index (χ1v) is 13.6. The molecular weight excluding hydrogens is 512 g/mol. The molecule has 2 bridgehead atoms. The van der Waals surface area contributed by atoms with Crippen molar-refractivity contribution in [2.75, 3.05) is 19.6 Å². The topological polar surface area (TPSA) is 145 Å². The highest BCUT2D eigenvalue weighted by Gasteiger charge is 2.31. The SMILES string of the molecule is Cc1ccc2cc1CCCNC(=O)CN(C(=O)c1cccc3c1CCC3=O)C[C@@H](C)NC(=O)[C@H]([C@@H](C)O)NC2=O. The molecule has 1 heterocycles. The number of rotatable bonds is 2. The third-order valence-electron chi connectivity index (χ3n) is 7.42. The zero-order chi connectivity index (χ0) is 29.0. The standard InChI is InChI=1S/C30H36N4O6/c1-17-9-10-21-14-20(17)6-5-13-31-26(37)16-34(15-18(2)32-29(39)27(19(3)35)33-28(21)38)30(40)24-8-4-7-23-22(24)11-12-25(23)36/h4,7-10,14,18-19,27,35H,5-6,11-13,15-16H2,1-3H3,(H,31,37)(H,32,39)(H,33,38)/t18-,19-,27+/m1/s1. The number of benzene rings is 2. The molecule has 0 saturated heterocycles. The van der Waals surface area contributed by atoms with E-state index in [4.69, 9.17) is 0 Å². The Bertz CT molecular complexity index is 1340. The lowest BCUT2D eigenvalue weighted by Crippen LogP contribution is -2.56. The fourth-order valence-electron chi connectivity index (χ4n) is 5.24. The van der Waals surface area contributed by atoms with E-state index in [0.717, 1.165) is 11.1 Å². The molecular formula is C30H36N4O6. The number of aliphatic hydroxyl groups is 1. The monoisotopic (exact) mass is 548 g/mol. The Morgan fingerprint density at radius 2 is 1.82 bits per heavy atom. The molecule has 2 aliphatic rings. The van der Waals surface area contributed by atoms with E-state index < -0.39 is 35.9 Å². The Hall–Kier alpha value is -4.05. The molecule has 4 rings (SSSR count). The third-order valence-corrected chi connectivity index (χ3v) is 7.42. The van der Waals surface area contributed by atoms with Crippen LogP contribution in [0.5, 0.6) is 0 Å². The highest BCUT2D eigenvalue weighted by molar-refractivity contribution is 6.06. The van der Waals surface area contributed by atoms with E-state index in [1.807, 2.05) is 13.0 Å². The zero-order valence-electron chi connectivity index (χ0n) is 23.1. The van der Waals surface area contributed by atoms with Crippen LogP contribution in [0.1, 0.15) is 74.5 Å². The molecule has 0 fully saturated rings. The number of nitrogens with zero attached hydrogens (tertiary/aromatic N) is 1. The predicted octanol–water partition coefficient (Wildman–Crippen LogP) is 1.31. The molecule has 0 unspecified atom stereocenters. The van der Waals surface area contributed by atoms with E-state index >= 15 is 0 Å². The van der Waals surface area contributed by atoms with E-state index in [-0.39, 0.29) is 24.8 Å². The van der Waals surface area contributed by atoms with E-state index in [1.54, 1.807) is 37.3 Å². The fraction of sp³-hybridized carbons (Fsp3) is 0.433. The van der Waals surface area contributed by atoms with Crippen LogP contribution in [0.4, 0.5) is 0 Å². The summed E-state index contributed by atoms with van der Waals surface area (Å²) in [5.74, 6) is -1.87. The van der Waals surface area contributed by atoms with Crippen molar-refractivity contribution in [1.82, 2.24) is 20.9 Å². The van der Waals surface area contributed by atoms with Gasteiger partial charge in [0.05, 0.1) is 12.6 Å². The van der Waals surface area contributed by atoms with Gasteiger partial charge in [-0.25, -0.2) is 0 Å². The van der Waals surface area contributed by atoms with Gasteiger partial charge in [0, 0.05) is 42.2 Å². The van der Waals surface area contributed by atoms with Gasteiger partial charge in [-0.1, -0.05) is 18.2 Å². The Morgan fingerprint density at radius 3 is 2.58 bits per heavy atom. The van der Waals surface area contributed by atoms with Crippen LogP contribution in [0.3, 0.4) is 0 Å². The molecule has 1 aliphatic heterocycles. The molecule has 2 aromatic rings. The number of fused-ring (bicyclic) bond motifs is 3. The van der Waals surface area contributed by atoms with Gasteiger partial charge in [0.25, 0.3) is 11.8 Å². The van der Waals surface area contributed by atoms with Crippen molar-refractivity contribution in [3.8, 4) is 0 Å². The number of hydrogen-bond acceptors (Lipinski definition) is 6. The number of Topliss-reactive ketones (excluding diaryl/α,β-unsaturated/α-hetero) is 1. The van der Waals surface area contributed by atoms with Crippen molar-refractivity contribution >= 4 is 29.4 Å². The smallest absolute Gasteiger partial charge is 0.254 e. The van der Waals surface area contributed by atoms with Crippen molar-refractivity contribution in [2.24, 2.45) is 0 Å². The highest BCUT2D eigenvalue weighted by Crippen LogP contribution is 2.26. The molecule has 212 valence electrons. The first-order chi connectivity index (χ1) is 19.0. The Labute approximate surface area is 233 Å². The second kappa shape index (κ2) is 12.4. The van der Waals surface area contributed by atoms with Gasteiger partial charge < -0.3 is 26.0 Å². The molecule has 0 aromatic heterocycles. The first-order valence-electron chi connectivity index (χ1n) is 13.6. The number of carbonyl (C=O) groups is 5. The van der Waals surface area contributed by atoms with Crippen LogP contribution in [0.2, 0.25) is 0 Å². The summed E-state index contributed by atoms with van der Waals surface area (Å²) in [6, 6.07) is 8.41. The fourth-order valence-corrected chi connectivity index (χ4v) is 5.24. The number of nitrogens with one attached hydrogen (secondary N) is 3. The summed E-state index contributed by atoms with van der Waals surface area (Å²) in [6.07, 6.45) is 0.833. The molecule has 40 heavy (non-hydrogen) atoms. The van der Waals surface area contributed by atoms with Crippen molar-refractivity contribution in [2.45, 2.75) is 64.6 Å². The quantitative estimate of drug-likeness (QED) is 0.445. The molecule has 3 atom stereocenters. The summed E-state index contributed by atoms with van der Waals surface area (Å²) in [5.41, 5.74) is 3.85. The van der Waals surface area contributed by atoms with Gasteiger partial charge in [0.15, 0.2) is 5.78 Å². The third kappa shape index (κ3) is 6.56. The summed E-state index contributed by atoms with van der Waals surface area (Å²) >= 11 is 0. The Balaban J connectivity index is 1.62. The second-order valence-corrected chi connectivity index (χ2v) is 10.6. The van der Waals surface area contributed by atoms with Crippen molar-refractivity contribution in [1.29, 1.82) is 0 Å². The normalized spacial score (nSPS) is 21.6. The molecule has 0 spiro atoms. The van der Waals surface area contributed by atoms with Crippen LogP contribution in [0, 0.1) is 6.92 Å². The molecule has 0 radical (unpaired) electrons. The van der Waals surface area contributed by atoms with Gasteiger partial charge in [-0.3, -0.25) is 24.0 Å². The second-order valence-electron chi connectivity index (χ2n) is 10.6. The summed E-state index contributed by atoms with van der Waals surface area (Å²) < 4.78 is 0. The van der Waals surface area contributed by atoms with Gasteiger partial charge in [-0.15, -0.1) is 0 Å². The maximum Gasteiger partial charge on any atom is 0.254 e. The van der Waals surface area contributed by atoms with Gasteiger partial charge in [-0.05, 0) is 74.9 Å². The number of carbonyl (C=O) groups excluding carboxylic acids is 5. The van der Waals surface area contributed by atoms with Crippen LogP contribution >= 0.6 is 0 Å². The van der Waals surface area contributed by atoms with E-state index in [0.29, 0.717) is 54.5 Å². The van der Waals surface area contributed by atoms with E-state index in [1.165, 1.54) is 11.8 Å². The van der Waals surface area contributed by atoms with Gasteiger partial charge in [-0.2, -0.15) is 0 Å². The van der Waals surface area contributed by atoms with Crippen molar-refractivity contribution < 1.29 is 29.1 Å². The Morgan fingerprint density at radius 1 is 1.05 bits per heavy atom. The largest absolute Gasteiger partial charge is 0.391 e. The lowest BCUT2D eigenvalue weighted by Gasteiger charge is -2.28. The minimum Gasteiger partial charge on any atom is -0.391 e. The number of amides is 4. The highest BCUT2D eigenvalue weighted by atomic mass is 16.3. The van der Waals surface area contributed by atoms with Crippen LogP contribution < -0.4 is 16.0 Å². The van der Waals surface area contributed by atoms with Crippen molar-refractivity contribution in [3.63, 3.8) is 0 Å². The minimum absolute atomic E-state index is 0.00391. The number of hydrogen-bond donors (Lipinski definition) is 4. The van der Waals surface area contributed by atoms with Crippen LogP contribution in [0.15, 0.2) is 36.4 Å². The predicted molar refractivity (Wildman–Crippen MR) is 148 cm³/mol. The Kier molecular flexibility index (Phi) is 8.99. The number of ketones is 1. The lowest BCUT2D eigenvalue weighted by molar-refractivity contribution is -0.126.